The fourth-order valence-corrected chi connectivity index (χ4v) is 5.79. The highest BCUT2D eigenvalue weighted by molar-refractivity contribution is 7.89. The lowest BCUT2D eigenvalue weighted by Crippen LogP contribution is -2.35. The highest BCUT2D eigenvalue weighted by atomic mass is 32.2. The number of aryl methyl sites for hydroxylation is 4. The topological polar surface area (TPSA) is 66.5 Å². The number of nitrogens with one attached hydrogen (secondary N) is 1. The molecule has 0 aliphatic heterocycles. The Balaban J connectivity index is 1.83. The summed E-state index contributed by atoms with van der Waals surface area (Å²) in [6.07, 6.45) is -4.37. The molecule has 0 radical (unpaired) electrons. The minimum absolute atomic E-state index is 0.00556. The number of amides is 1. The summed E-state index contributed by atoms with van der Waals surface area (Å²) in [5.74, 6) is -0.458. The Morgan fingerprint density at radius 3 is 2.14 bits per heavy atom. The Morgan fingerprint density at radius 2 is 1.53 bits per heavy atom. The van der Waals surface area contributed by atoms with Crippen molar-refractivity contribution in [3.63, 3.8) is 0 Å². The van der Waals surface area contributed by atoms with E-state index in [0.29, 0.717) is 22.3 Å². The summed E-state index contributed by atoms with van der Waals surface area (Å²) >= 11 is 0. The smallest absolute Gasteiger partial charge is 0.308 e. The first-order valence-electron chi connectivity index (χ1n) is 11.4. The molecule has 192 valence electrons. The molecule has 0 spiro atoms. The monoisotopic (exact) mass is 518 g/mol. The molecule has 1 amide bonds. The second-order valence-electron chi connectivity index (χ2n) is 8.80. The summed E-state index contributed by atoms with van der Waals surface area (Å²) in [5.41, 5.74) is 2.47. The van der Waals surface area contributed by atoms with Crippen molar-refractivity contribution >= 4 is 21.6 Å². The molecular weight excluding hydrogens is 489 g/mol. The maximum atomic E-state index is 13.4. The number of sulfonamides is 1. The van der Waals surface area contributed by atoms with Crippen LogP contribution in [0.1, 0.15) is 44.6 Å². The molecule has 36 heavy (non-hydrogen) atoms. The highest BCUT2D eigenvalue weighted by Crippen LogP contribution is 2.32. The van der Waals surface area contributed by atoms with Gasteiger partial charge in [-0.3, -0.25) is 4.79 Å². The maximum Gasteiger partial charge on any atom is 0.416 e. The van der Waals surface area contributed by atoms with Crippen molar-refractivity contribution in [2.45, 2.75) is 45.2 Å². The molecule has 0 atom stereocenters. The lowest BCUT2D eigenvalue weighted by Gasteiger charge is -2.25. The van der Waals surface area contributed by atoms with Crippen LogP contribution in [0.4, 0.5) is 18.9 Å². The van der Waals surface area contributed by atoms with Crippen LogP contribution in [0.5, 0.6) is 0 Å². The average molecular weight is 519 g/mol. The van der Waals surface area contributed by atoms with Gasteiger partial charge in [-0.25, -0.2) is 13.1 Å². The first-order chi connectivity index (χ1) is 16.8. The van der Waals surface area contributed by atoms with Crippen molar-refractivity contribution in [1.82, 2.24) is 4.72 Å². The molecular formula is C27H29F3N2O3S. The van der Waals surface area contributed by atoms with E-state index in [1.54, 1.807) is 57.2 Å². The molecule has 1 N–H and O–H groups in total. The predicted molar refractivity (Wildman–Crippen MR) is 135 cm³/mol. The van der Waals surface area contributed by atoms with Gasteiger partial charge in [-0.15, -0.1) is 0 Å². The van der Waals surface area contributed by atoms with Crippen LogP contribution in [-0.2, 0) is 16.2 Å². The van der Waals surface area contributed by atoms with Crippen LogP contribution in [0.25, 0.3) is 0 Å². The molecule has 0 heterocycles. The van der Waals surface area contributed by atoms with Crippen molar-refractivity contribution in [3.05, 3.63) is 94.0 Å². The second kappa shape index (κ2) is 10.8. The van der Waals surface area contributed by atoms with Crippen molar-refractivity contribution in [2.24, 2.45) is 0 Å². The van der Waals surface area contributed by atoms with Gasteiger partial charge < -0.3 is 4.90 Å². The van der Waals surface area contributed by atoms with Gasteiger partial charge in [-0.05, 0) is 75.1 Å². The Hall–Kier alpha value is -3.17. The first-order valence-corrected chi connectivity index (χ1v) is 12.9. The van der Waals surface area contributed by atoms with E-state index in [4.69, 9.17) is 0 Å². The quantitative estimate of drug-likeness (QED) is 0.375. The van der Waals surface area contributed by atoms with Crippen molar-refractivity contribution in [3.8, 4) is 0 Å². The van der Waals surface area contributed by atoms with Gasteiger partial charge in [0.25, 0.3) is 5.91 Å². The van der Waals surface area contributed by atoms with E-state index in [1.165, 1.54) is 17.0 Å². The van der Waals surface area contributed by atoms with Gasteiger partial charge in [0.05, 0.1) is 10.5 Å². The van der Waals surface area contributed by atoms with Crippen LogP contribution in [0.3, 0.4) is 0 Å². The van der Waals surface area contributed by atoms with Gasteiger partial charge >= 0.3 is 6.18 Å². The molecule has 0 fully saturated rings. The van der Waals surface area contributed by atoms with Gasteiger partial charge in [0.2, 0.25) is 10.0 Å². The summed E-state index contributed by atoms with van der Waals surface area (Å²) in [4.78, 5) is 14.8. The number of benzene rings is 3. The fraction of sp³-hybridized carbons (Fsp3) is 0.296. The molecule has 3 rings (SSSR count). The van der Waals surface area contributed by atoms with E-state index in [2.05, 4.69) is 4.72 Å². The number of halogens is 3. The third-order valence-corrected chi connectivity index (χ3v) is 7.60. The summed E-state index contributed by atoms with van der Waals surface area (Å²) in [6, 6.07) is 15.0. The minimum Gasteiger partial charge on any atom is -0.308 e. The van der Waals surface area contributed by atoms with E-state index >= 15 is 0 Å². The molecule has 0 unspecified atom stereocenters. The molecule has 3 aromatic rings. The number of hydrogen-bond acceptors (Lipinski definition) is 3. The van der Waals surface area contributed by atoms with Crippen LogP contribution in [0.15, 0.2) is 65.6 Å². The Labute approximate surface area is 210 Å². The zero-order valence-electron chi connectivity index (χ0n) is 20.6. The highest BCUT2D eigenvalue weighted by Gasteiger charge is 2.31. The number of anilines is 1. The summed E-state index contributed by atoms with van der Waals surface area (Å²) < 4.78 is 68.4. The summed E-state index contributed by atoms with van der Waals surface area (Å²) in [7, 11) is -3.81. The zero-order valence-corrected chi connectivity index (χ0v) is 21.4. The zero-order chi connectivity index (χ0) is 26.7. The standard InChI is InChI=1S/C27H29F3N2O3S/c1-18-15-20(3)25(21(4)16-18)36(34,35)31-13-8-14-32(26(33)24-12-6-5-9-19(24)2)23-11-7-10-22(17-23)27(28,29)30/h5-7,9-12,15-17,31H,8,13-14H2,1-4H3. The maximum absolute atomic E-state index is 13.4. The molecule has 0 aromatic heterocycles. The number of alkyl halides is 3. The summed E-state index contributed by atoms with van der Waals surface area (Å²) in [5, 5.41) is 0. The number of carbonyl (C=O) groups excluding carboxylic acids is 1. The molecule has 5 nitrogen and oxygen atoms in total. The largest absolute Gasteiger partial charge is 0.416 e. The van der Waals surface area contributed by atoms with Crippen LogP contribution in [0.2, 0.25) is 0 Å². The van der Waals surface area contributed by atoms with Crippen LogP contribution in [-0.4, -0.2) is 27.4 Å². The number of nitrogens with zero attached hydrogens (tertiary/aromatic N) is 1. The van der Waals surface area contributed by atoms with Gasteiger partial charge in [-0.2, -0.15) is 13.2 Å². The molecule has 3 aromatic carbocycles. The van der Waals surface area contributed by atoms with Gasteiger partial charge in [0.1, 0.15) is 0 Å². The molecule has 0 bridgehead atoms. The third kappa shape index (κ3) is 6.33. The van der Waals surface area contributed by atoms with Gasteiger partial charge in [-0.1, -0.05) is 42.0 Å². The van der Waals surface area contributed by atoms with Crippen molar-refractivity contribution in [1.29, 1.82) is 0 Å². The molecule has 0 saturated heterocycles. The SMILES string of the molecule is Cc1cc(C)c(S(=O)(=O)NCCCN(C(=O)c2ccccc2C)c2cccc(C(F)(F)F)c2)c(C)c1. The van der Waals surface area contributed by atoms with E-state index in [9.17, 15) is 26.4 Å². The lowest BCUT2D eigenvalue weighted by atomic mass is 10.1. The molecule has 0 aliphatic rings. The van der Waals surface area contributed by atoms with Gasteiger partial charge in [0, 0.05) is 24.3 Å². The van der Waals surface area contributed by atoms with Crippen LogP contribution < -0.4 is 9.62 Å². The van der Waals surface area contributed by atoms with E-state index in [-0.39, 0.29) is 30.1 Å². The Morgan fingerprint density at radius 1 is 0.889 bits per heavy atom. The molecule has 9 heteroatoms. The normalized spacial score (nSPS) is 12.0. The minimum atomic E-state index is -4.56. The number of hydrogen-bond donors (Lipinski definition) is 1. The Bertz CT molecular complexity index is 1350. The summed E-state index contributed by atoms with van der Waals surface area (Å²) in [6.45, 7) is 7.11. The van der Waals surface area contributed by atoms with Gasteiger partial charge in [0.15, 0.2) is 0 Å². The number of rotatable bonds is 8. The van der Waals surface area contributed by atoms with Crippen LogP contribution >= 0.6 is 0 Å². The predicted octanol–water partition coefficient (Wildman–Crippen LogP) is 5.95. The average Bonchev–Trinajstić information content (AvgIpc) is 2.77. The first kappa shape index (κ1) is 27.4. The number of carbonyl (C=O) groups is 1. The van der Waals surface area contributed by atoms with E-state index in [0.717, 1.165) is 17.7 Å². The fourth-order valence-electron chi connectivity index (χ4n) is 4.26. The molecule has 0 aliphatic carbocycles. The van der Waals surface area contributed by atoms with E-state index in [1.807, 2.05) is 6.92 Å². The van der Waals surface area contributed by atoms with E-state index < -0.39 is 27.7 Å². The second-order valence-corrected chi connectivity index (χ2v) is 10.5. The lowest BCUT2D eigenvalue weighted by molar-refractivity contribution is -0.137. The third-order valence-electron chi connectivity index (χ3n) is 5.83. The Kier molecular flexibility index (Phi) is 8.26. The van der Waals surface area contributed by atoms with Crippen LogP contribution in [0, 0.1) is 27.7 Å². The van der Waals surface area contributed by atoms with Crippen molar-refractivity contribution < 1.29 is 26.4 Å². The van der Waals surface area contributed by atoms with Crippen molar-refractivity contribution in [2.75, 3.05) is 18.0 Å². The molecule has 0 saturated carbocycles.